The summed E-state index contributed by atoms with van der Waals surface area (Å²) < 4.78 is 6.61. The molecule has 2 aromatic carbocycles. The number of carbonyl (C=O) groups is 1. The number of aryl methyl sites for hydroxylation is 1. The fraction of sp³-hybridized carbons (Fsp3) is 0.188. The number of hydrogen-bond acceptors (Lipinski definition) is 2. The van der Waals surface area contributed by atoms with Crippen molar-refractivity contribution >= 4 is 21.7 Å². The molecule has 0 saturated heterocycles. The standard InChI is InChI=1S/C16H15BrO2/c1-11-3-5-13(6-4-11)10-19-16-8-7-14(17)9-15(16)12(2)18/h3-9H,10H2,1-2H3. The highest BCUT2D eigenvalue weighted by Crippen LogP contribution is 2.24. The lowest BCUT2D eigenvalue weighted by Gasteiger charge is -2.10. The first-order chi connectivity index (χ1) is 9.06. The Kier molecular flexibility index (Phi) is 4.38. The zero-order chi connectivity index (χ0) is 13.8. The van der Waals surface area contributed by atoms with Gasteiger partial charge in [0.15, 0.2) is 5.78 Å². The van der Waals surface area contributed by atoms with Crippen molar-refractivity contribution in [1.82, 2.24) is 0 Å². The van der Waals surface area contributed by atoms with Gasteiger partial charge in [-0.1, -0.05) is 45.8 Å². The second-order valence-electron chi connectivity index (χ2n) is 4.47. The lowest BCUT2D eigenvalue weighted by atomic mass is 10.1. The van der Waals surface area contributed by atoms with Crippen LogP contribution in [0.2, 0.25) is 0 Å². The number of carbonyl (C=O) groups excluding carboxylic acids is 1. The molecule has 2 aromatic rings. The molecule has 0 amide bonds. The highest BCUT2D eigenvalue weighted by atomic mass is 79.9. The third-order valence-electron chi connectivity index (χ3n) is 2.84. The monoisotopic (exact) mass is 318 g/mol. The average molecular weight is 319 g/mol. The predicted octanol–water partition coefficient (Wildman–Crippen LogP) is 4.54. The normalized spacial score (nSPS) is 10.3. The molecule has 0 radical (unpaired) electrons. The van der Waals surface area contributed by atoms with E-state index in [-0.39, 0.29) is 5.78 Å². The van der Waals surface area contributed by atoms with E-state index in [0.717, 1.165) is 10.0 Å². The van der Waals surface area contributed by atoms with Crippen molar-refractivity contribution in [3.8, 4) is 5.75 Å². The van der Waals surface area contributed by atoms with E-state index in [4.69, 9.17) is 4.74 Å². The minimum Gasteiger partial charge on any atom is -0.488 e. The van der Waals surface area contributed by atoms with Crippen LogP contribution in [0.1, 0.15) is 28.4 Å². The number of ether oxygens (including phenoxy) is 1. The maximum absolute atomic E-state index is 11.6. The van der Waals surface area contributed by atoms with E-state index in [1.807, 2.05) is 43.3 Å². The molecule has 0 bridgehead atoms. The van der Waals surface area contributed by atoms with Crippen LogP contribution < -0.4 is 4.74 Å². The van der Waals surface area contributed by atoms with E-state index in [1.54, 1.807) is 13.0 Å². The summed E-state index contributed by atoms with van der Waals surface area (Å²) in [5.41, 5.74) is 2.90. The molecule has 0 heterocycles. The van der Waals surface area contributed by atoms with Crippen molar-refractivity contribution in [2.45, 2.75) is 20.5 Å². The highest BCUT2D eigenvalue weighted by molar-refractivity contribution is 9.10. The lowest BCUT2D eigenvalue weighted by Crippen LogP contribution is -2.01. The Morgan fingerprint density at radius 2 is 1.84 bits per heavy atom. The maximum atomic E-state index is 11.6. The number of rotatable bonds is 4. The molecule has 2 rings (SSSR count). The third-order valence-corrected chi connectivity index (χ3v) is 3.33. The second kappa shape index (κ2) is 6.02. The molecule has 0 atom stereocenters. The van der Waals surface area contributed by atoms with Gasteiger partial charge in [0.25, 0.3) is 0 Å². The summed E-state index contributed by atoms with van der Waals surface area (Å²) in [7, 11) is 0. The Morgan fingerprint density at radius 3 is 2.47 bits per heavy atom. The third kappa shape index (κ3) is 3.67. The molecule has 0 spiro atoms. The number of hydrogen-bond donors (Lipinski definition) is 0. The van der Waals surface area contributed by atoms with Crippen LogP contribution in [0, 0.1) is 6.92 Å². The van der Waals surface area contributed by atoms with Crippen molar-refractivity contribution in [3.63, 3.8) is 0 Å². The largest absolute Gasteiger partial charge is 0.488 e. The smallest absolute Gasteiger partial charge is 0.163 e. The van der Waals surface area contributed by atoms with Gasteiger partial charge in [0.2, 0.25) is 0 Å². The van der Waals surface area contributed by atoms with Gasteiger partial charge < -0.3 is 4.74 Å². The molecule has 0 saturated carbocycles. The summed E-state index contributed by atoms with van der Waals surface area (Å²) in [6, 6.07) is 13.6. The SMILES string of the molecule is CC(=O)c1cc(Br)ccc1OCc1ccc(C)cc1. The van der Waals surface area contributed by atoms with Crippen LogP contribution in [0.3, 0.4) is 0 Å². The first-order valence-electron chi connectivity index (χ1n) is 6.05. The van der Waals surface area contributed by atoms with Crippen LogP contribution in [0.4, 0.5) is 0 Å². The van der Waals surface area contributed by atoms with Crippen LogP contribution >= 0.6 is 15.9 Å². The van der Waals surface area contributed by atoms with Gasteiger partial charge in [-0.05, 0) is 37.6 Å². The van der Waals surface area contributed by atoms with E-state index in [2.05, 4.69) is 15.9 Å². The van der Waals surface area contributed by atoms with Gasteiger partial charge in [-0.2, -0.15) is 0 Å². The van der Waals surface area contributed by atoms with Gasteiger partial charge in [-0.3, -0.25) is 4.79 Å². The van der Waals surface area contributed by atoms with Crippen molar-refractivity contribution in [1.29, 1.82) is 0 Å². The molecule has 0 aliphatic rings. The fourth-order valence-corrected chi connectivity index (χ4v) is 2.11. The zero-order valence-electron chi connectivity index (χ0n) is 10.9. The van der Waals surface area contributed by atoms with Crippen molar-refractivity contribution in [3.05, 3.63) is 63.6 Å². The Balaban J connectivity index is 2.15. The van der Waals surface area contributed by atoms with Crippen molar-refractivity contribution in [2.75, 3.05) is 0 Å². The first-order valence-corrected chi connectivity index (χ1v) is 6.84. The zero-order valence-corrected chi connectivity index (χ0v) is 12.5. The second-order valence-corrected chi connectivity index (χ2v) is 5.39. The van der Waals surface area contributed by atoms with Crippen molar-refractivity contribution < 1.29 is 9.53 Å². The molecule has 0 N–H and O–H groups in total. The van der Waals surface area contributed by atoms with Crippen LogP contribution in [0.25, 0.3) is 0 Å². The van der Waals surface area contributed by atoms with Gasteiger partial charge in [-0.25, -0.2) is 0 Å². The van der Waals surface area contributed by atoms with E-state index >= 15 is 0 Å². The molecular weight excluding hydrogens is 304 g/mol. The first kappa shape index (κ1) is 13.8. The van der Waals surface area contributed by atoms with Crippen LogP contribution in [-0.2, 0) is 6.61 Å². The average Bonchev–Trinajstić information content (AvgIpc) is 2.39. The van der Waals surface area contributed by atoms with E-state index < -0.39 is 0 Å². The fourth-order valence-electron chi connectivity index (χ4n) is 1.75. The Labute approximate surface area is 121 Å². The number of ketones is 1. The van der Waals surface area contributed by atoms with E-state index in [1.165, 1.54) is 5.56 Å². The summed E-state index contributed by atoms with van der Waals surface area (Å²) in [6.07, 6.45) is 0. The molecule has 3 heteroatoms. The molecule has 0 aromatic heterocycles. The van der Waals surface area contributed by atoms with Gasteiger partial charge >= 0.3 is 0 Å². The molecule has 0 fully saturated rings. The topological polar surface area (TPSA) is 26.3 Å². The number of halogens is 1. The lowest BCUT2D eigenvalue weighted by molar-refractivity contribution is 0.101. The van der Waals surface area contributed by atoms with Gasteiger partial charge in [0.1, 0.15) is 12.4 Å². The Hall–Kier alpha value is -1.61. The summed E-state index contributed by atoms with van der Waals surface area (Å²) in [5.74, 6) is 0.622. The summed E-state index contributed by atoms with van der Waals surface area (Å²) in [4.78, 5) is 11.6. The molecule has 0 unspecified atom stereocenters. The quantitative estimate of drug-likeness (QED) is 0.774. The maximum Gasteiger partial charge on any atom is 0.163 e. The number of benzene rings is 2. The Morgan fingerprint density at radius 1 is 1.16 bits per heavy atom. The summed E-state index contributed by atoms with van der Waals surface area (Å²) in [6.45, 7) is 4.05. The summed E-state index contributed by atoms with van der Waals surface area (Å²) in [5, 5.41) is 0. The van der Waals surface area contributed by atoms with E-state index in [0.29, 0.717) is 17.9 Å². The molecule has 19 heavy (non-hydrogen) atoms. The molecular formula is C16H15BrO2. The number of Topliss-reactive ketones (excluding diaryl/α,β-unsaturated/α-hetero) is 1. The highest BCUT2D eigenvalue weighted by Gasteiger charge is 2.09. The molecule has 98 valence electrons. The van der Waals surface area contributed by atoms with Gasteiger partial charge in [-0.15, -0.1) is 0 Å². The minimum atomic E-state index is 0.000191. The minimum absolute atomic E-state index is 0.000191. The van der Waals surface area contributed by atoms with Crippen LogP contribution in [0.15, 0.2) is 46.9 Å². The van der Waals surface area contributed by atoms with Gasteiger partial charge in [0.05, 0.1) is 5.56 Å². The Bertz CT molecular complexity index is 588. The molecule has 2 nitrogen and oxygen atoms in total. The van der Waals surface area contributed by atoms with Crippen LogP contribution in [-0.4, -0.2) is 5.78 Å². The van der Waals surface area contributed by atoms with Gasteiger partial charge in [0, 0.05) is 4.47 Å². The molecule has 0 aliphatic heterocycles. The van der Waals surface area contributed by atoms with E-state index in [9.17, 15) is 4.79 Å². The summed E-state index contributed by atoms with van der Waals surface area (Å²) >= 11 is 3.36. The predicted molar refractivity (Wildman–Crippen MR) is 79.7 cm³/mol. The van der Waals surface area contributed by atoms with Crippen LogP contribution in [0.5, 0.6) is 5.75 Å². The molecule has 0 aliphatic carbocycles. The van der Waals surface area contributed by atoms with Crippen molar-refractivity contribution in [2.24, 2.45) is 0 Å².